The van der Waals surface area contributed by atoms with Crippen LogP contribution in [-0.2, 0) is 10.0 Å². The molecule has 0 unspecified atom stereocenters. The third-order valence-corrected chi connectivity index (χ3v) is 7.12. The second kappa shape index (κ2) is 8.56. The van der Waals surface area contributed by atoms with Gasteiger partial charge in [-0.1, -0.05) is 18.2 Å². The number of benzene rings is 2. The molecule has 1 N–H and O–H groups in total. The molecule has 31 heavy (non-hydrogen) atoms. The molecule has 1 amide bonds. The zero-order valence-corrected chi connectivity index (χ0v) is 17.5. The molecular formula is C21H21FN4O4S. The Morgan fingerprint density at radius 3 is 2.48 bits per heavy atom. The summed E-state index contributed by atoms with van der Waals surface area (Å²) in [6.45, 7) is 2.16. The molecule has 0 aliphatic carbocycles. The summed E-state index contributed by atoms with van der Waals surface area (Å²) in [7, 11) is -3.85. The standard InChI is InChI=1S/C21H21FN4O4S/c1-14-24-25-21(30-14)19-13-26(31(28,29)18-9-7-17(22)8-10-18)12-16(19)11-23-20(27)15-5-3-2-4-6-15/h2-10,16,19H,11-13H2,1H3,(H,23,27)/t16-,19-/m0/s1. The first-order valence-electron chi connectivity index (χ1n) is 9.73. The molecule has 1 aromatic heterocycles. The Morgan fingerprint density at radius 1 is 1.13 bits per heavy atom. The molecular weight excluding hydrogens is 423 g/mol. The summed E-state index contributed by atoms with van der Waals surface area (Å²) < 4.78 is 46.3. The van der Waals surface area contributed by atoms with Crippen LogP contribution in [0.4, 0.5) is 4.39 Å². The van der Waals surface area contributed by atoms with E-state index < -0.39 is 15.8 Å². The van der Waals surface area contributed by atoms with Crippen molar-refractivity contribution in [2.45, 2.75) is 17.7 Å². The van der Waals surface area contributed by atoms with Gasteiger partial charge in [0, 0.05) is 38.0 Å². The number of nitrogens with zero attached hydrogens (tertiary/aromatic N) is 3. The van der Waals surface area contributed by atoms with E-state index >= 15 is 0 Å². The van der Waals surface area contributed by atoms with E-state index in [1.165, 1.54) is 16.4 Å². The number of halogens is 1. The van der Waals surface area contributed by atoms with Crippen molar-refractivity contribution in [3.63, 3.8) is 0 Å². The second-order valence-electron chi connectivity index (χ2n) is 7.38. The summed E-state index contributed by atoms with van der Waals surface area (Å²) >= 11 is 0. The normalized spacial score (nSPS) is 19.4. The fourth-order valence-electron chi connectivity index (χ4n) is 3.65. The maximum atomic E-state index is 13.2. The van der Waals surface area contributed by atoms with Crippen LogP contribution in [-0.4, -0.2) is 48.5 Å². The van der Waals surface area contributed by atoms with E-state index in [0.29, 0.717) is 17.3 Å². The van der Waals surface area contributed by atoms with E-state index in [9.17, 15) is 17.6 Å². The number of carbonyl (C=O) groups is 1. The fourth-order valence-corrected chi connectivity index (χ4v) is 5.17. The fraction of sp³-hybridized carbons (Fsp3) is 0.286. The molecule has 0 spiro atoms. The van der Waals surface area contributed by atoms with Crippen molar-refractivity contribution in [2.75, 3.05) is 19.6 Å². The van der Waals surface area contributed by atoms with Crippen LogP contribution in [0, 0.1) is 18.7 Å². The molecule has 8 nitrogen and oxygen atoms in total. The lowest BCUT2D eigenvalue weighted by atomic mass is 9.96. The molecule has 4 rings (SSSR count). The van der Waals surface area contributed by atoms with Crippen LogP contribution in [0.5, 0.6) is 0 Å². The van der Waals surface area contributed by atoms with Crippen LogP contribution in [0.2, 0.25) is 0 Å². The van der Waals surface area contributed by atoms with Crippen molar-refractivity contribution in [1.29, 1.82) is 0 Å². The first kappa shape index (κ1) is 21.1. The van der Waals surface area contributed by atoms with E-state index in [-0.39, 0.29) is 42.3 Å². The van der Waals surface area contributed by atoms with Crippen molar-refractivity contribution in [3.05, 3.63) is 77.8 Å². The number of nitrogens with one attached hydrogen (secondary N) is 1. The number of carbonyl (C=O) groups excluding carboxylic acids is 1. The lowest BCUT2D eigenvalue weighted by molar-refractivity contribution is 0.0946. The van der Waals surface area contributed by atoms with Gasteiger partial charge in [-0.15, -0.1) is 10.2 Å². The third-order valence-electron chi connectivity index (χ3n) is 5.28. The minimum absolute atomic E-state index is 0.00308. The summed E-state index contributed by atoms with van der Waals surface area (Å²) in [6, 6.07) is 13.5. The molecule has 162 valence electrons. The van der Waals surface area contributed by atoms with Crippen LogP contribution in [0.3, 0.4) is 0 Å². The maximum Gasteiger partial charge on any atom is 0.251 e. The van der Waals surface area contributed by atoms with Crippen LogP contribution in [0.1, 0.15) is 28.1 Å². The van der Waals surface area contributed by atoms with Crippen molar-refractivity contribution in [3.8, 4) is 0 Å². The van der Waals surface area contributed by atoms with Gasteiger partial charge in [0.1, 0.15) is 5.82 Å². The first-order chi connectivity index (χ1) is 14.8. The zero-order chi connectivity index (χ0) is 22.0. The smallest absolute Gasteiger partial charge is 0.251 e. The van der Waals surface area contributed by atoms with Gasteiger partial charge in [0.05, 0.1) is 10.8 Å². The van der Waals surface area contributed by atoms with Gasteiger partial charge in [0.2, 0.25) is 21.8 Å². The van der Waals surface area contributed by atoms with Gasteiger partial charge < -0.3 is 9.73 Å². The molecule has 10 heteroatoms. The minimum atomic E-state index is -3.85. The maximum absolute atomic E-state index is 13.2. The molecule has 0 radical (unpaired) electrons. The molecule has 0 bridgehead atoms. The molecule has 2 atom stereocenters. The molecule has 2 aromatic carbocycles. The quantitative estimate of drug-likeness (QED) is 0.626. The van der Waals surface area contributed by atoms with Gasteiger partial charge in [-0.2, -0.15) is 4.31 Å². The highest BCUT2D eigenvalue weighted by Gasteiger charge is 2.42. The molecule has 3 aromatic rings. The Morgan fingerprint density at radius 2 is 1.84 bits per heavy atom. The first-order valence-corrected chi connectivity index (χ1v) is 11.2. The monoisotopic (exact) mass is 444 g/mol. The van der Waals surface area contributed by atoms with Gasteiger partial charge in [-0.3, -0.25) is 4.79 Å². The lowest BCUT2D eigenvalue weighted by Gasteiger charge is -2.17. The SMILES string of the molecule is Cc1nnc([C@H]2CN(S(=O)(=O)c3ccc(F)cc3)C[C@@H]2CNC(=O)c2ccccc2)o1. The molecule has 1 aliphatic rings. The van der Waals surface area contributed by atoms with Gasteiger partial charge in [-0.25, -0.2) is 12.8 Å². The number of rotatable bonds is 6. The Hall–Kier alpha value is -3.11. The van der Waals surface area contributed by atoms with Crippen LogP contribution < -0.4 is 5.32 Å². The Bertz CT molecular complexity index is 1170. The van der Waals surface area contributed by atoms with Gasteiger partial charge >= 0.3 is 0 Å². The Balaban J connectivity index is 1.55. The van der Waals surface area contributed by atoms with Gasteiger partial charge in [0.25, 0.3) is 5.91 Å². The number of amides is 1. The highest BCUT2D eigenvalue weighted by Crippen LogP contribution is 2.35. The van der Waals surface area contributed by atoms with E-state index in [0.717, 1.165) is 12.1 Å². The zero-order valence-electron chi connectivity index (χ0n) is 16.7. The Labute approximate surface area is 179 Å². The predicted octanol–water partition coefficient (Wildman–Crippen LogP) is 2.35. The average molecular weight is 444 g/mol. The number of sulfonamides is 1. The highest BCUT2D eigenvalue weighted by atomic mass is 32.2. The molecule has 2 heterocycles. The van der Waals surface area contributed by atoms with Crippen LogP contribution in [0.15, 0.2) is 63.9 Å². The third kappa shape index (κ3) is 4.49. The molecule has 1 aliphatic heterocycles. The lowest BCUT2D eigenvalue weighted by Crippen LogP contribution is -2.33. The van der Waals surface area contributed by atoms with E-state index in [1.807, 2.05) is 6.07 Å². The number of aromatic nitrogens is 2. The summed E-state index contributed by atoms with van der Waals surface area (Å²) in [5.41, 5.74) is 0.515. The summed E-state index contributed by atoms with van der Waals surface area (Å²) in [4.78, 5) is 12.5. The van der Waals surface area contributed by atoms with Gasteiger partial charge in [-0.05, 0) is 36.4 Å². The second-order valence-corrected chi connectivity index (χ2v) is 9.32. The number of hydrogen-bond donors (Lipinski definition) is 1. The van der Waals surface area contributed by atoms with E-state index in [2.05, 4.69) is 15.5 Å². The highest BCUT2D eigenvalue weighted by molar-refractivity contribution is 7.89. The van der Waals surface area contributed by atoms with Crippen molar-refractivity contribution < 1.29 is 22.0 Å². The predicted molar refractivity (Wildman–Crippen MR) is 109 cm³/mol. The summed E-state index contributed by atoms with van der Waals surface area (Å²) in [6.07, 6.45) is 0. The van der Waals surface area contributed by atoms with Crippen LogP contribution >= 0.6 is 0 Å². The largest absolute Gasteiger partial charge is 0.425 e. The van der Waals surface area contributed by atoms with Crippen molar-refractivity contribution in [1.82, 2.24) is 19.8 Å². The van der Waals surface area contributed by atoms with Crippen LogP contribution in [0.25, 0.3) is 0 Å². The summed E-state index contributed by atoms with van der Waals surface area (Å²) in [5.74, 6) is -0.715. The molecule has 0 saturated carbocycles. The average Bonchev–Trinajstić information content (AvgIpc) is 3.39. The number of aryl methyl sites for hydroxylation is 1. The Kier molecular flexibility index (Phi) is 5.84. The van der Waals surface area contributed by atoms with E-state index in [1.54, 1.807) is 31.2 Å². The topological polar surface area (TPSA) is 105 Å². The van der Waals surface area contributed by atoms with Crippen molar-refractivity contribution in [2.24, 2.45) is 5.92 Å². The summed E-state index contributed by atoms with van der Waals surface area (Å²) in [5, 5.41) is 10.8. The van der Waals surface area contributed by atoms with E-state index in [4.69, 9.17) is 4.42 Å². The van der Waals surface area contributed by atoms with Crippen molar-refractivity contribution >= 4 is 15.9 Å². The molecule has 1 saturated heterocycles. The number of hydrogen-bond acceptors (Lipinski definition) is 6. The minimum Gasteiger partial charge on any atom is -0.425 e. The molecule has 1 fully saturated rings. The van der Waals surface area contributed by atoms with Gasteiger partial charge in [0.15, 0.2) is 0 Å².